The predicted octanol–water partition coefficient (Wildman–Crippen LogP) is 1.10. The zero-order chi connectivity index (χ0) is 11.3. The first kappa shape index (κ1) is 15.2. The van der Waals surface area contributed by atoms with Crippen LogP contribution < -0.4 is 0 Å². The van der Waals surface area contributed by atoms with E-state index in [1.165, 1.54) is 0 Å². The Bertz CT molecular complexity index is 364. The Balaban J connectivity index is 0.00000225. The van der Waals surface area contributed by atoms with Crippen molar-refractivity contribution >= 4 is 23.0 Å². The van der Waals surface area contributed by atoms with Gasteiger partial charge in [-0.3, -0.25) is 9.88 Å². The number of hydrogen-bond acceptors (Lipinski definition) is 2. The van der Waals surface area contributed by atoms with Crippen LogP contribution in [0.15, 0.2) is 29.5 Å². The summed E-state index contributed by atoms with van der Waals surface area (Å²) in [5.74, 6) is 0. The fourth-order valence-corrected chi connectivity index (χ4v) is 0.882. The molecule has 0 aromatic carbocycles. The summed E-state index contributed by atoms with van der Waals surface area (Å²) in [5.41, 5.74) is 5.54. The van der Waals surface area contributed by atoms with E-state index in [1.807, 2.05) is 39.2 Å². The van der Waals surface area contributed by atoms with Gasteiger partial charge in [0.25, 0.3) is 0 Å². The van der Waals surface area contributed by atoms with E-state index in [-0.39, 0.29) is 17.1 Å². The van der Waals surface area contributed by atoms with Crippen LogP contribution in [0.4, 0.5) is 0 Å². The van der Waals surface area contributed by atoms with Gasteiger partial charge in [-0.05, 0) is 33.2 Å². The molecule has 6 heteroatoms. The van der Waals surface area contributed by atoms with Gasteiger partial charge < -0.3 is 10.5 Å². The Labute approximate surface area is 112 Å². The molecule has 0 fully saturated rings. The molecular formula is C10H14CuN4S+2. The van der Waals surface area contributed by atoms with Crippen LogP contribution >= 0.6 is 0 Å². The van der Waals surface area contributed by atoms with Crippen LogP contribution in [-0.4, -0.2) is 34.8 Å². The quantitative estimate of drug-likeness (QED) is 0.204. The van der Waals surface area contributed by atoms with Gasteiger partial charge in [0, 0.05) is 11.9 Å². The molecule has 0 bridgehead atoms. The Kier molecular flexibility index (Phi) is 7.08. The van der Waals surface area contributed by atoms with Gasteiger partial charge in [0.15, 0.2) is 17.3 Å². The minimum atomic E-state index is 0. The maximum absolute atomic E-state index is 4.16. The van der Waals surface area contributed by atoms with E-state index in [9.17, 15) is 0 Å². The largest absolute Gasteiger partial charge is 2.00 e. The maximum Gasteiger partial charge on any atom is 2.00 e. The fraction of sp³-hybridized carbons (Fsp3) is 0.300. The van der Waals surface area contributed by atoms with Gasteiger partial charge in [-0.2, -0.15) is 0 Å². The molecule has 0 unspecified atom stereocenters. The molecule has 0 aliphatic rings. The van der Waals surface area contributed by atoms with Crippen molar-refractivity contribution in [1.82, 2.24) is 9.88 Å². The summed E-state index contributed by atoms with van der Waals surface area (Å²) in [7, 11) is 3.72. The third-order valence-corrected chi connectivity index (χ3v) is 2.21. The van der Waals surface area contributed by atoms with Crippen LogP contribution in [0.3, 0.4) is 0 Å². The van der Waals surface area contributed by atoms with Crippen LogP contribution in [0.25, 0.3) is 5.43 Å². The second-order valence-corrected chi connectivity index (χ2v) is 3.59. The van der Waals surface area contributed by atoms with E-state index in [0.717, 1.165) is 11.4 Å². The topological polar surface area (TPSA) is 42.6 Å². The molecule has 0 spiro atoms. The number of hydrogen-bond donors (Lipinski definition) is 0. The normalized spacial score (nSPS) is 10.9. The molecular weight excluding hydrogens is 272 g/mol. The minimum absolute atomic E-state index is 0. The summed E-state index contributed by atoms with van der Waals surface area (Å²) < 4.78 is 0. The van der Waals surface area contributed by atoms with Gasteiger partial charge in [-0.25, -0.2) is 0 Å². The molecule has 1 radical (unpaired) electrons. The van der Waals surface area contributed by atoms with Gasteiger partial charge in [0.05, 0.1) is 5.69 Å². The molecule has 0 atom stereocenters. The second kappa shape index (κ2) is 7.46. The monoisotopic (exact) mass is 285 g/mol. The minimum Gasteiger partial charge on any atom is -0.515 e. The van der Waals surface area contributed by atoms with E-state index in [1.54, 1.807) is 11.1 Å². The zero-order valence-corrected chi connectivity index (χ0v) is 11.2. The number of aromatic nitrogens is 1. The Morgan fingerprint density at radius 1 is 1.44 bits per heavy atom. The Morgan fingerprint density at radius 3 is 2.62 bits per heavy atom. The van der Waals surface area contributed by atoms with E-state index < -0.39 is 0 Å². The van der Waals surface area contributed by atoms with Crippen LogP contribution in [0.1, 0.15) is 12.6 Å². The van der Waals surface area contributed by atoms with Crippen molar-refractivity contribution in [2.75, 3.05) is 14.1 Å². The number of thiol groups is 1. The smallest absolute Gasteiger partial charge is 0.515 e. The molecule has 0 amide bonds. The Hall–Kier alpha value is -0.811. The molecule has 1 aromatic rings. The van der Waals surface area contributed by atoms with Gasteiger partial charge >= 0.3 is 17.1 Å². The number of pyridine rings is 1. The van der Waals surface area contributed by atoms with Crippen molar-refractivity contribution in [3.05, 3.63) is 35.5 Å². The average Bonchev–Trinajstić information content (AvgIpc) is 2.26. The third kappa shape index (κ3) is 4.81. The van der Waals surface area contributed by atoms with Crippen LogP contribution in [0, 0.1) is 0 Å². The number of rotatable bonds is 2. The molecule has 0 saturated carbocycles. The maximum atomic E-state index is 4.16. The van der Waals surface area contributed by atoms with E-state index in [0.29, 0.717) is 5.11 Å². The third-order valence-electron chi connectivity index (χ3n) is 1.73. The average molecular weight is 286 g/mol. The molecule has 1 heterocycles. The summed E-state index contributed by atoms with van der Waals surface area (Å²) in [4.78, 5) is 5.94. The predicted molar refractivity (Wildman–Crippen MR) is 67.3 cm³/mol. The van der Waals surface area contributed by atoms with Crippen molar-refractivity contribution in [2.24, 2.45) is 5.10 Å². The summed E-state index contributed by atoms with van der Waals surface area (Å²) in [6, 6.07) is 5.67. The molecule has 0 aliphatic carbocycles. The van der Waals surface area contributed by atoms with Crippen LogP contribution in [0.2, 0.25) is 0 Å². The molecule has 0 N–H and O–H groups in total. The molecule has 1 aromatic heterocycles. The van der Waals surface area contributed by atoms with Crippen LogP contribution in [0.5, 0.6) is 0 Å². The van der Waals surface area contributed by atoms with E-state index in [4.69, 9.17) is 0 Å². The molecule has 89 valence electrons. The summed E-state index contributed by atoms with van der Waals surface area (Å²) in [6.07, 6.45) is 1.73. The summed E-state index contributed by atoms with van der Waals surface area (Å²) >= 11 is 4.16. The van der Waals surface area contributed by atoms with Gasteiger partial charge in [0.1, 0.15) is 0 Å². The van der Waals surface area contributed by atoms with Crippen molar-refractivity contribution in [1.29, 1.82) is 0 Å². The van der Waals surface area contributed by atoms with Crippen molar-refractivity contribution < 1.29 is 17.1 Å². The fourth-order valence-electron chi connectivity index (χ4n) is 0.837. The standard InChI is InChI=1S/C10H14N4S.Cu/c1-8(9-6-4-5-7-11-9)12-13-10(15)14(2)3;/h4-7H,1-3H3,(H,11,13,15);/q;+2. The first-order valence-corrected chi connectivity index (χ1v) is 4.96. The van der Waals surface area contributed by atoms with Gasteiger partial charge in [-0.15, -0.1) is 0 Å². The van der Waals surface area contributed by atoms with Gasteiger partial charge in [-0.1, -0.05) is 6.07 Å². The van der Waals surface area contributed by atoms with Gasteiger partial charge in [0.2, 0.25) is 0 Å². The Morgan fingerprint density at radius 2 is 2.12 bits per heavy atom. The molecule has 0 aliphatic heterocycles. The second-order valence-electron chi connectivity index (χ2n) is 3.19. The SMILES string of the molecule is CC(=N[N-]C(=[SH+])N(C)C)c1ccccn1.[Cu+2]. The van der Waals surface area contributed by atoms with Crippen LogP contribution in [-0.2, 0) is 29.3 Å². The van der Waals surface area contributed by atoms with E-state index in [2.05, 4.69) is 27.7 Å². The first-order chi connectivity index (χ1) is 7.11. The zero-order valence-electron chi connectivity index (χ0n) is 9.35. The molecule has 4 nitrogen and oxygen atoms in total. The molecule has 0 saturated heterocycles. The van der Waals surface area contributed by atoms with Crippen molar-refractivity contribution in [3.8, 4) is 0 Å². The summed E-state index contributed by atoms with van der Waals surface area (Å²) in [5, 5.41) is 4.60. The van der Waals surface area contributed by atoms with E-state index >= 15 is 0 Å². The number of nitrogens with zero attached hydrogens (tertiary/aromatic N) is 4. The van der Waals surface area contributed by atoms with Crippen molar-refractivity contribution in [3.63, 3.8) is 0 Å². The molecule has 1 rings (SSSR count). The van der Waals surface area contributed by atoms with Crippen molar-refractivity contribution in [2.45, 2.75) is 6.92 Å². The summed E-state index contributed by atoms with van der Waals surface area (Å²) in [6.45, 7) is 1.86. The molecule has 16 heavy (non-hydrogen) atoms. The first-order valence-electron chi connectivity index (χ1n) is 4.51.